The Hall–Kier alpha value is -3.35. The summed E-state index contributed by atoms with van der Waals surface area (Å²) in [5.74, 6) is -0.327. The Balaban J connectivity index is 1.41. The predicted molar refractivity (Wildman–Crippen MR) is 98.2 cm³/mol. The molecule has 0 saturated carbocycles. The molecule has 7 heteroatoms. The minimum absolute atomic E-state index is 0.106. The average Bonchev–Trinajstić information content (AvgIpc) is 3.37. The Morgan fingerprint density at radius 2 is 2.07 bits per heavy atom. The first-order valence-corrected chi connectivity index (χ1v) is 8.92. The highest BCUT2D eigenvalue weighted by Crippen LogP contribution is 2.22. The Labute approximate surface area is 156 Å². The molecule has 1 aliphatic rings. The number of carbonyl (C=O) groups excluding carboxylic acids is 2. The molecular formula is C20H20N4O3. The maximum Gasteiger partial charge on any atom is 0.272 e. The molecule has 0 spiro atoms. The first-order valence-electron chi connectivity index (χ1n) is 8.92. The van der Waals surface area contributed by atoms with E-state index in [0.29, 0.717) is 37.3 Å². The number of H-pyrrole nitrogens is 1. The highest BCUT2D eigenvalue weighted by Gasteiger charge is 2.28. The van der Waals surface area contributed by atoms with Crippen LogP contribution in [0.4, 0.5) is 0 Å². The average molecular weight is 364 g/mol. The van der Waals surface area contributed by atoms with Gasteiger partial charge in [-0.15, -0.1) is 0 Å². The Morgan fingerprint density at radius 3 is 2.85 bits per heavy atom. The van der Waals surface area contributed by atoms with E-state index in [1.54, 1.807) is 11.0 Å². The molecule has 1 aliphatic heterocycles. The van der Waals surface area contributed by atoms with Crippen molar-refractivity contribution >= 4 is 11.8 Å². The number of benzene rings is 1. The van der Waals surface area contributed by atoms with Crippen LogP contribution < -0.4 is 5.32 Å². The van der Waals surface area contributed by atoms with Crippen LogP contribution in [0.5, 0.6) is 0 Å². The molecular weight excluding hydrogens is 344 g/mol. The van der Waals surface area contributed by atoms with Gasteiger partial charge >= 0.3 is 0 Å². The van der Waals surface area contributed by atoms with Crippen molar-refractivity contribution in [2.75, 3.05) is 13.1 Å². The van der Waals surface area contributed by atoms with Crippen LogP contribution >= 0.6 is 0 Å². The van der Waals surface area contributed by atoms with Gasteiger partial charge in [-0.25, -0.2) is 0 Å². The lowest BCUT2D eigenvalue weighted by Gasteiger charge is -2.26. The molecule has 0 atom stereocenters. The van der Waals surface area contributed by atoms with Crippen LogP contribution in [-0.2, 0) is 19.4 Å². The molecule has 0 radical (unpaired) electrons. The summed E-state index contributed by atoms with van der Waals surface area (Å²) in [6.07, 6.45) is 4.31. The first-order chi connectivity index (χ1) is 13.2. The number of hydrogen-bond acceptors (Lipinski definition) is 4. The standard InChI is InChI=1S/C20H20N4O3/c25-19(21-9-6-14-4-2-1-3-5-14)18-16-12-24(10-7-17(16)22-23-18)20(26)15-8-11-27-13-15/h1-5,8,11,13H,6-7,9-10,12H2,(H,21,25)(H,22,23). The van der Waals surface area contributed by atoms with E-state index in [1.165, 1.54) is 18.1 Å². The zero-order valence-corrected chi connectivity index (χ0v) is 14.8. The van der Waals surface area contributed by atoms with Crippen molar-refractivity contribution in [1.82, 2.24) is 20.4 Å². The smallest absolute Gasteiger partial charge is 0.272 e. The van der Waals surface area contributed by atoms with Crippen LogP contribution in [0, 0.1) is 0 Å². The summed E-state index contributed by atoms with van der Waals surface area (Å²) in [6, 6.07) is 11.6. The van der Waals surface area contributed by atoms with Crippen LogP contribution in [0.1, 0.15) is 37.7 Å². The molecule has 0 fully saturated rings. The van der Waals surface area contributed by atoms with Gasteiger partial charge in [0, 0.05) is 30.8 Å². The van der Waals surface area contributed by atoms with E-state index in [4.69, 9.17) is 4.42 Å². The second kappa shape index (κ2) is 7.49. The molecule has 0 saturated heterocycles. The van der Waals surface area contributed by atoms with Crippen molar-refractivity contribution in [3.8, 4) is 0 Å². The number of rotatable bonds is 5. The summed E-state index contributed by atoms with van der Waals surface area (Å²) >= 11 is 0. The second-order valence-electron chi connectivity index (χ2n) is 6.51. The number of aromatic amines is 1. The van der Waals surface area contributed by atoms with Crippen molar-refractivity contribution in [2.24, 2.45) is 0 Å². The van der Waals surface area contributed by atoms with Gasteiger partial charge in [-0.1, -0.05) is 30.3 Å². The first kappa shape index (κ1) is 17.1. The topological polar surface area (TPSA) is 91.2 Å². The van der Waals surface area contributed by atoms with Crippen LogP contribution in [-0.4, -0.2) is 40.0 Å². The maximum absolute atomic E-state index is 12.6. The van der Waals surface area contributed by atoms with Gasteiger partial charge in [0.05, 0.1) is 18.4 Å². The number of aromatic nitrogens is 2. The van der Waals surface area contributed by atoms with E-state index >= 15 is 0 Å². The third-order valence-electron chi connectivity index (χ3n) is 4.75. The summed E-state index contributed by atoms with van der Waals surface area (Å²) in [7, 11) is 0. The highest BCUT2D eigenvalue weighted by molar-refractivity contribution is 5.96. The van der Waals surface area contributed by atoms with Gasteiger partial charge in [0.2, 0.25) is 0 Å². The Kier molecular flexibility index (Phi) is 4.74. The van der Waals surface area contributed by atoms with E-state index in [1.807, 2.05) is 30.3 Å². The van der Waals surface area contributed by atoms with Crippen molar-refractivity contribution in [2.45, 2.75) is 19.4 Å². The number of furan rings is 1. The number of nitrogens with zero attached hydrogens (tertiary/aromatic N) is 2. The lowest BCUT2D eigenvalue weighted by atomic mass is 10.0. The van der Waals surface area contributed by atoms with Gasteiger partial charge in [-0.05, 0) is 18.1 Å². The summed E-state index contributed by atoms with van der Waals surface area (Å²) < 4.78 is 4.99. The van der Waals surface area contributed by atoms with Crippen LogP contribution in [0.2, 0.25) is 0 Å². The van der Waals surface area contributed by atoms with E-state index in [-0.39, 0.29) is 11.8 Å². The summed E-state index contributed by atoms with van der Waals surface area (Å²) in [5, 5.41) is 10.0. The van der Waals surface area contributed by atoms with Crippen molar-refractivity contribution in [3.05, 3.63) is 77.0 Å². The molecule has 138 valence electrons. The quantitative estimate of drug-likeness (QED) is 0.726. The van der Waals surface area contributed by atoms with E-state index in [0.717, 1.165) is 17.7 Å². The molecule has 4 rings (SSSR count). The lowest BCUT2D eigenvalue weighted by Crippen LogP contribution is -2.36. The number of nitrogens with one attached hydrogen (secondary N) is 2. The van der Waals surface area contributed by atoms with Gasteiger partial charge in [0.1, 0.15) is 6.26 Å². The van der Waals surface area contributed by atoms with Crippen LogP contribution in [0.3, 0.4) is 0 Å². The maximum atomic E-state index is 12.6. The molecule has 1 aromatic carbocycles. The number of hydrogen-bond donors (Lipinski definition) is 2. The molecule has 2 N–H and O–H groups in total. The zero-order valence-electron chi connectivity index (χ0n) is 14.8. The molecule has 7 nitrogen and oxygen atoms in total. The number of fused-ring (bicyclic) bond motifs is 1. The van der Waals surface area contributed by atoms with E-state index < -0.39 is 0 Å². The van der Waals surface area contributed by atoms with E-state index in [9.17, 15) is 9.59 Å². The van der Waals surface area contributed by atoms with Crippen LogP contribution in [0.25, 0.3) is 0 Å². The predicted octanol–water partition coefficient (Wildman–Crippen LogP) is 2.17. The lowest BCUT2D eigenvalue weighted by molar-refractivity contribution is 0.0730. The number of carbonyl (C=O) groups is 2. The summed E-state index contributed by atoms with van der Waals surface area (Å²) in [5.41, 5.74) is 3.74. The Morgan fingerprint density at radius 1 is 1.22 bits per heavy atom. The summed E-state index contributed by atoms with van der Waals surface area (Å²) in [6.45, 7) is 1.47. The molecule has 3 aromatic rings. The molecule has 0 aliphatic carbocycles. The molecule has 2 amide bonds. The second-order valence-corrected chi connectivity index (χ2v) is 6.51. The zero-order chi connectivity index (χ0) is 18.6. The van der Waals surface area contributed by atoms with E-state index in [2.05, 4.69) is 15.5 Å². The third kappa shape index (κ3) is 3.62. The minimum Gasteiger partial charge on any atom is -0.472 e. The fourth-order valence-corrected chi connectivity index (χ4v) is 3.27. The molecule has 0 unspecified atom stereocenters. The van der Waals surface area contributed by atoms with Gasteiger partial charge in [0.25, 0.3) is 11.8 Å². The van der Waals surface area contributed by atoms with Crippen molar-refractivity contribution in [3.63, 3.8) is 0 Å². The minimum atomic E-state index is -0.221. The van der Waals surface area contributed by atoms with Crippen molar-refractivity contribution < 1.29 is 14.0 Å². The van der Waals surface area contributed by atoms with Crippen molar-refractivity contribution in [1.29, 1.82) is 0 Å². The normalized spacial score (nSPS) is 13.3. The van der Waals surface area contributed by atoms with Gasteiger partial charge in [-0.2, -0.15) is 5.10 Å². The third-order valence-corrected chi connectivity index (χ3v) is 4.75. The summed E-state index contributed by atoms with van der Waals surface area (Å²) in [4.78, 5) is 26.8. The van der Waals surface area contributed by atoms with Gasteiger partial charge in [-0.3, -0.25) is 14.7 Å². The van der Waals surface area contributed by atoms with Crippen LogP contribution in [0.15, 0.2) is 53.3 Å². The largest absolute Gasteiger partial charge is 0.472 e. The number of amides is 2. The fraction of sp³-hybridized carbons (Fsp3) is 0.250. The SMILES string of the molecule is O=C(NCCc1ccccc1)c1n[nH]c2c1CN(C(=O)c1ccoc1)CC2. The fourth-order valence-electron chi connectivity index (χ4n) is 3.27. The monoisotopic (exact) mass is 364 g/mol. The highest BCUT2D eigenvalue weighted by atomic mass is 16.3. The van der Waals surface area contributed by atoms with Gasteiger partial charge in [0.15, 0.2) is 5.69 Å². The van der Waals surface area contributed by atoms with Gasteiger partial charge < -0.3 is 14.6 Å². The Bertz CT molecular complexity index is 932. The molecule has 3 heterocycles. The molecule has 2 aromatic heterocycles. The molecule has 0 bridgehead atoms. The molecule has 27 heavy (non-hydrogen) atoms.